The zero-order valence-corrected chi connectivity index (χ0v) is 11.8. The Morgan fingerprint density at radius 2 is 2.26 bits per heavy atom. The van der Waals surface area contributed by atoms with Crippen molar-refractivity contribution in [2.75, 3.05) is 13.7 Å². The number of rotatable bonds is 7. The second-order valence-electron chi connectivity index (χ2n) is 4.55. The largest absolute Gasteiger partial charge is 0.493 e. The topological polar surface area (TPSA) is 30.5 Å². The Balaban J connectivity index is 2.15. The monoisotopic (exact) mass is 279 g/mol. The number of ether oxygens (including phenoxy) is 2. The van der Waals surface area contributed by atoms with Crippen molar-refractivity contribution in [2.24, 2.45) is 0 Å². The summed E-state index contributed by atoms with van der Waals surface area (Å²) in [6.45, 7) is 1.21. The van der Waals surface area contributed by atoms with Gasteiger partial charge in [0.1, 0.15) is 0 Å². The molecule has 0 spiro atoms. The van der Waals surface area contributed by atoms with Crippen molar-refractivity contribution in [1.29, 1.82) is 0 Å². The average Bonchev–Trinajstić information content (AvgIpc) is 3.22. The SMILES string of the molecule is C#CCCOc1c(CNC2CC2)cc(Cl)cc1OC. The summed E-state index contributed by atoms with van der Waals surface area (Å²) in [5, 5.41) is 4.09. The van der Waals surface area contributed by atoms with Gasteiger partial charge in [-0.3, -0.25) is 0 Å². The predicted molar refractivity (Wildman–Crippen MR) is 76.8 cm³/mol. The molecule has 0 bridgehead atoms. The Labute approximate surface area is 119 Å². The zero-order chi connectivity index (χ0) is 13.7. The lowest BCUT2D eigenvalue weighted by atomic mass is 10.1. The molecule has 1 aromatic carbocycles. The van der Waals surface area contributed by atoms with E-state index in [9.17, 15) is 0 Å². The van der Waals surface area contributed by atoms with Gasteiger partial charge in [-0.05, 0) is 18.9 Å². The van der Waals surface area contributed by atoms with E-state index in [1.807, 2.05) is 6.07 Å². The molecule has 0 amide bonds. The van der Waals surface area contributed by atoms with E-state index in [-0.39, 0.29) is 0 Å². The maximum absolute atomic E-state index is 6.10. The number of hydrogen-bond donors (Lipinski definition) is 1. The van der Waals surface area contributed by atoms with Crippen LogP contribution in [-0.4, -0.2) is 19.8 Å². The average molecular weight is 280 g/mol. The van der Waals surface area contributed by atoms with Crippen LogP contribution in [0.5, 0.6) is 11.5 Å². The number of methoxy groups -OCH3 is 1. The Bertz CT molecular complexity index is 478. The number of nitrogens with one attached hydrogen (secondary N) is 1. The van der Waals surface area contributed by atoms with Crippen molar-refractivity contribution in [2.45, 2.75) is 31.8 Å². The third-order valence-corrected chi connectivity index (χ3v) is 3.19. The standard InChI is InChI=1S/C15H18ClNO2/c1-3-4-7-19-15-11(10-17-13-5-6-13)8-12(16)9-14(15)18-2/h1,8-9,13,17H,4-7,10H2,2H3. The summed E-state index contributed by atoms with van der Waals surface area (Å²) in [6.07, 6.45) is 8.29. The molecule has 1 N–H and O–H groups in total. The molecule has 1 fully saturated rings. The fraction of sp³-hybridized carbons (Fsp3) is 0.467. The summed E-state index contributed by atoms with van der Waals surface area (Å²) in [5.41, 5.74) is 1.01. The van der Waals surface area contributed by atoms with E-state index in [1.54, 1.807) is 13.2 Å². The highest BCUT2D eigenvalue weighted by Gasteiger charge is 2.21. The Hall–Kier alpha value is -1.37. The van der Waals surface area contributed by atoms with Crippen molar-refractivity contribution in [1.82, 2.24) is 5.32 Å². The lowest BCUT2D eigenvalue weighted by molar-refractivity contribution is 0.297. The van der Waals surface area contributed by atoms with Gasteiger partial charge in [0.2, 0.25) is 0 Å². The first-order chi connectivity index (χ1) is 9.24. The summed E-state index contributed by atoms with van der Waals surface area (Å²) < 4.78 is 11.1. The second-order valence-corrected chi connectivity index (χ2v) is 4.99. The van der Waals surface area contributed by atoms with Crippen molar-refractivity contribution in [3.8, 4) is 23.8 Å². The normalized spacial score (nSPS) is 13.9. The molecule has 0 aromatic heterocycles. The molecule has 0 radical (unpaired) electrons. The van der Waals surface area contributed by atoms with E-state index >= 15 is 0 Å². The van der Waals surface area contributed by atoms with E-state index in [4.69, 9.17) is 27.5 Å². The fourth-order valence-electron chi connectivity index (χ4n) is 1.82. The minimum Gasteiger partial charge on any atom is -0.493 e. The van der Waals surface area contributed by atoms with Crippen LogP contribution in [0.4, 0.5) is 0 Å². The summed E-state index contributed by atoms with van der Waals surface area (Å²) >= 11 is 6.10. The Kier molecular flexibility index (Phi) is 4.95. The maximum Gasteiger partial charge on any atom is 0.165 e. The van der Waals surface area contributed by atoms with Gasteiger partial charge in [-0.1, -0.05) is 11.6 Å². The van der Waals surface area contributed by atoms with Crippen LogP contribution in [0.15, 0.2) is 12.1 Å². The highest BCUT2D eigenvalue weighted by atomic mass is 35.5. The van der Waals surface area contributed by atoms with Crippen molar-refractivity contribution in [3.63, 3.8) is 0 Å². The van der Waals surface area contributed by atoms with Crippen molar-refractivity contribution >= 4 is 11.6 Å². The highest BCUT2D eigenvalue weighted by molar-refractivity contribution is 6.30. The molecular weight excluding hydrogens is 262 g/mol. The molecule has 0 atom stereocenters. The molecule has 0 saturated heterocycles. The maximum atomic E-state index is 6.10. The number of terminal acetylenes is 1. The van der Waals surface area contributed by atoms with Crippen LogP contribution < -0.4 is 14.8 Å². The van der Waals surface area contributed by atoms with E-state index in [0.29, 0.717) is 29.8 Å². The Morgan fingerprint density at radius 3 is 2.89 bits per heavy atom. The highest BCUT2D eigenvalue weighted by Crippen LogP contribution is 2.35. The van der Waals surface area contributed by atoms with Crippen LogP contribution in [0, 0.1) is 12.3 Å². The first kappa shape index (κ1) is 14.0. The van der Waals surface area contributed by atoms with Crippen LogP contribution in [-0.2, 0) is 6.54 Å². The van der Waals surface area contributed by atoms with Gasteiger partial charge in [0, 0.05) is 35.7 Å². The zero-order valence-electron chi connectivity index (χ0n) is 11.0. The molecule has 4 heteroatoms. The van der Waals surface area contributed by atoms with Crippen LogP contribution in [0.1, 0.15) is 24.8 Å². The number of halogens is 1. The third kappa shape index (κ3) is 4.05. The summed E-state index contributed by atoms with van der Waals surface area (Å²) in [7, 11) is 1.61. The molecule has 19 heavy (non-hydrogen) atoms. The number of benzene rings is 1. The molecule has 1 saturated carbocycles. The van der Waals surface area contributed by atoms with E-state index in [1.165, 1.54) is 12.8 Å². The smallest absolute Gasteiger partial charge is 0.165 e. The van der Waals surface area contributed by atoms with Crippen LogP contribution in [0.2, 0.25) is 5.02 Å². The van der Waals surface area contributed by atoms with Crippen molar-refractivity contribution < 1.29 is 9.47 Å². The summed E-state index contributed by atoms with van der Waals surface area (Å²) in [6, 6.07) is 4.29. The van der Waals surface area contributed by atoms with Gasteiger partial charge in [-0.25, -0.2) is 0 Å². The molecule has 0 heterocycles. The van der Waals surface area contributed by atoms with Gasteiger partial charge >= 0.3 is 0 Å². The predicted octanol–water partition coefficient (Wildman–Crippen LogP) is 3.00. The Morgan fingerprint density at radius 1 is 1.47 bits per heavy atom. The van der Waals surface area contributed by atoms with Crippen LogP contribution in [0.25, 0.3) is 0 Å². The van der Waals surface area contributed by atoms with Gasteiger partial charge in [0.25, 0.3) is 0 Å². The lowest BCUT2D eigenvalue weighted by Crippen LogP contribution is -2.16. The van der Waals surface area contributed by atoms with E-state index in [0.717, 1.165) is 17.9 Å². The molecule has 1 aliphatic rings. The second kappa shape index (κ2) is 6.70. The van der Waals surface area contributed by atoms with Gasteiger partial charge in [0.05, 0.1) is 13.7 Å². The van der Waals surface area contributed by atoms with E-state index < -0.39 is 0 Å². The molecule has 0 unspecified atom stereocenters. The van der Waals surface area contributed by atoms with Crippen molar-refractivity contribution in [3.05, 3.63) is 22.7 Å². The summed E-state index contributed by atoms with van der Waals surface area (Å²) in [4.78, 5) is 0. The van der Waals surface area contributed by atoms with Crippen LogP contribution in [0.3, 0.4) is 0 Å². The van der Waals surface area contributed by atoms with Gasteiger partial charge < -0.3 is 14.8 Å². The third-order valence-electron chi connectivity index (χ3n) is 2.97. The quantitative estimate of drug-likeness (QED) is 0.615. The van der Waals surface area contributed by atoms with Crippen LogP contribution >= 0.6 is 11.6 Å². The molecule has 3 nitrogen and oxygen atoms in total. The molecule has 1 aromatic rings. The first-order valence-electron chi connectivity index (χ1n) is 6.40. The molecule has 0 aliphatic heterocycles. The molecular formula is C15H18ClNO2. The fourth-order valence-corrected chi connectivity index (χ4v) is 2.05. The van der Waals surface area contributed by atoms with Gasteiger partial charge in [-0.2, -0.15) is 0 Å². The minimum absolute atomic E-state index is 0.477. The molecule has 1 aliphatic carbocycles. The minimum atomic E-state index is 0.477. The summed E-state index contributed by atoms with van der Waals surface area (Å²) in [5.74, 6) is 3.94. The molecule has 2 rings (SSSR count). The van der Waals surface area contributed by atoms with Gasteiger partial charge in [-0.15, -0.1) is 12.3 Å². The number of hydrogen-bond acceptors (Lipinski definition) is 3. The lowest BCUT2D eigenvalue weighted by Gasteiger charge is -2.15. The van der Waals surface area contributed by atoms with E-state index in [2.05, 4.69) is 11.2 Å². The van der Waals surface area contributed by atoms with Gasteiger partial charge in [0.15, 0.2) is 11.5 Å². The first-order valence-corrected chi connectivity index (χ1v) is 6.78. The molecule has 102 valence electrons.